The van der Waals surface area contributed by atoms with Crippen LogP contribution in [0.3, 0.4) is 0 Å². The topological polar surface area (TPSA) is 55.1 Å². The highest BCUT2D eigenvalue weighted by atomic mass is 35.5. The molecule has 3 N–H and O–H groups in total. The van der Waals surface area contributed by atoms with Gasteiger partial charge in [0, 0.05) is 11.7 Å². The molecule has 2 bridgehead atoms. The molecule has 1 fully saturated rings. The maximum atomic E-state index is 13.4. The Labute approximate surface area is 145 Å². The first-order valence-corrected chi connectivity index (χ1v) is 8.99. The number of hydrogen-bond acceptors (Lipinski definition) is 2. The number of allylic oxidation sites excluding steroid dienone is 1. The molecule has 4 atom stereocenters. The standard InChI is InChI=1S/C14H14F6N2OS.ClH/c15-9-4-10(6-11(5-9)24(16,17,18,19)20)22-14(23)12-7-1-2-8(3-7)13(12)21;/h1-2,4-8,12-13H,3,21H2,(H,22,23);1H/t7-,8+,12+,13-;/m0./s1. The minimum Gasteiger partial charge on any atom is -0.326 e. The van der Waals surface area contributed by atoms with Crippen LogP contribution in [0.1, 0.15) is 6.42 Å². The number of benzene rings is 1. The zero-order valence-corrected chi connectivity index (χ0v) is 14.1. The number of hydrogen-bond donors (Lipinski definition) is 2. The van der Waals surface area contributed by atoms with Crippen molar-refractivity contribution in [1.82, 2.24) is 0 Å². The van der Waals surface area contributed by atoms with E-state index in [9.17, 15) is 28.6 Å². The molecule has 2 aliphatic rings. The molecule has 0 saturated heterocycles. The summed E-state index contributed by atoms with van der Waals surface area (Å²) in [5, 5.41) is 2.08. The van der Waals surface area contributed by atoms with Gasteiger partial charge in [-0.05, 0) is 36.5 Å². The zero-order valence-electron chi connectivity index (χ0n) is 12.5. The number of nitrogens with one attached hydrogen (secondary N) is 1. The Balaban J connectivity index is 0.00000225. The van der Waals surface area contributed by atoms with Crippen molar-refractivity contribution in [3.05, 3.63) is 36.2 Å². The molecule has 3 nitrogen and oxygen atoms in total. The molecule has 2 aliphatic carbocycles. The van der Waals surface area contributed by atoms with Crippen LogP contribution in [0.5, 0.6) is 0 Å². The van der Waals surface area contributed by atoms with Crippen molar-refractivity contribution in [1.29, 1.82) is 0 Å². The van der Waals surface area contributed by atoms with Crippen LogP contribution < -0.4 is 11.1 Å². The van der Waals surface area contributed by atoms with Crippen molar-refractivity contribution in [3.8, 4) is 0 Å². The molecule has 0 heterocycles. The highest BCUT2D eigenvalue weighted by Gasteiger charge is 2.65. The van der Waals surface area contributed by atoms with E-state index >= 15 is 0 Å². The van der Waals surface area contributed by atoms with E-state index in [0.717, 1.165) is 0 Å². The van der Waals surface area contributed by atoms with E-state index in [1.165, 1.54) is 0 Å². The van der Waals surface area contributed by atoms with E-state index < -0.39 is 44.5 Å². The minimum atomic E-state index is -10.0. The second-order valence-corrected chi connectivity index (χ2v) is 8.59. The summed E-state index contributed by atoms with van der Waals surface area (Å²) in [6, 6.07) is -0.205. The fraction of sp³-hybridized carbons (Fsp3) is 0.357. The van der Waals surface area contributed by atoms with E-state index in [4.69, 9.17) is 5.73 Å². The van der Waals surface area contributed by atoms with Crippen molar-refractivity contribution in [2.75, 3.05) is 5.32 Å². The van der Waals surface area contributed by atoms with Gasteiger partial charge in [-0.2, -0.15) is 0 Å². The molecule has 1 amide bonds. The average molecular weight is 409 g/mol. The van der Waals surface area contributed by atoms with Crippen LogP contribution in [0.25, 0.3) is 0 Å². The van der Waals surface area contributed by atoms with Gasteiger partial charge in [0.25, 0.3) is 0 Å². The number of fused-ring (bicyclic) bond motifs is 2. The van der Waals surface area contributed by atoms with Gasteiger partial charge in [-0.25, -0.2) is 4.39 Å². The summed E-state index contributed by atoms with van der Waals surface area (Å²) in [7, 11) is -10.0. The lowest BCUT2D eigenvalue weighted by Gasteiger charge is -2.40. The first-order chi connectivity index (χ1) is 10.7. The summed E-state index contributed by atoms with van der Waals surface area (Å²) in [5.41, 5.74) is 5.23. The lowest BCUT2D eigenvalue weighted by Crippen LogP contribution is -2.41. The SMILES string of the molecule is Cl.N[C@@H]1[C@H](C(=O)Nc2cc(F)cc(S(F)(F)(F)(F)F)c2)[C@H]2C=C[C@@H]1C2. The smallest absolute Gasteiger partial charge is 0.310 e. The van der Waals surface area contributed by atoms with Gasteiger partial charge >= 0.3 is 10.2 Å². The third kappa shape index (κ3) is 3.90. The molecule has 25 heavy (non-hydrogen) atoms. The molecule has 0 unspecified atom stereocenters. The molecule has 0 aromatic heterocycles. The Morgan fingerprint density at radius 3 is 2.20 bits per heavy atom. The fourth-order valence-corrected chi connectivity index (χ4v) is 4.00. The predicted molar refractivity (Wildman–Crippen MR) is 85.9 cm³/mol. The van der Waals surface area contributed by atoms with Crippen molar-refractivity contribution in [2.24, 2.45) is 23.5 Å². The number of nitrogens with two attached hydrogens (primary N) is 1. The van der Waals surface area contributed by atoms with Gasteiger partial charge in [0.2, 0.25) is 5.91 Å². The number of halogens is 7. The Bertz CT molecular complexity index is 754. The number of rotatable bonds is 3. The van der Waals surface area contributed by atoms with E-state index in [1.54, 1.807) is 6.08 Å². The summed E-state index contributed by atoms with van der Waals surface area (Å²) >= 11 is 0. The average Bonchev–Trinajstić information content (AvgIpc) is 2.95. The first-order valence-electron chi connectivity index (χ1n) is 7.04. The second kappa shape index (κ2) is 5.31. The summed E-state index contributed by atoms with van der Waals surface area (Å²) < 4.78 is 77.5. The lowest BCUT2D eigenvalue weighted by atomic mass is 9.88. The third-order valence-electron chi connectivity index (χ3n) is 4.41. The van der Waals surface area contributed by atoms with Crippen LogP contribution in [0.4, 0.5) is 29.5 Å². The predicted octanol–water partition coefficient (Wildman–Crippen LogP) is 4.99. The molecule has 0 aliphatic heterocycles. The summed E-state index contributed by atoms with van der Waals surface area (Å²) in [4.78, 5) is 9.85. The fourth-order valence-electron chi connectivity index (χ4n) is 3.31. The van der Waals surface area contributed by atoms with Crippen LogP contribution in [0.2, 0.25) is 0 Å². The highest BCUT2D eigenvalue weighted by Crippen LogP contribution is 3.02. The molecule has 1 saturated carbocycles. The van der Waals surface area contributed by atoms with Crippen molar-refractivity contribution >= 4 is 34.2 Å². The van der Waals surface area contributed by atoms with Crippen LogP contribution in [0, 0.1) is 23.6 Å². The van der Waals surface area contributed by atoms with E-state index in [2.05, 4.69) is 5.32 Å². The molecule has 3 rings (SSSR count). The lowest BCUT2D eigenvalue weighted by molar-refractivity contribution is -0.120. The molecular weight excluding hydrogens is 394 g/mol. The zero-order chi connectivity index (χ0) is 18.0. The van der Waals surface area contributed by atoms with E-state index in [-0.39, 0.29) is 36.4 Å². The Morgan fingerprint density at radius 1 is 1.08 bits per heavy atom. The van der Waals surface area contributed by atoms with Gasteiger partial charge in [0.05, 0.1) is 5.92 Å². The quantitative estimate of drug-likeness (QED) is 0.546. The number of amides is 1. The Morgan fingerprint density at radius 2 is 1.68 bits per heavy atom. The molecule has 11 heteroatoms. The van der Waals surface area contributed by atoms with Gasteiger partial charge in [0.15, 0.2) is 0 Å². The Kier molecular flexibility index (Phi) is 4.23. The molecule has 1 aromatic carbocycles. The summed E-state index contributed by atoms with van der Waals surface area (Å²) in [5.74, 6) is -3.08. The van der Waals surface area contributed by atoms with Crippen molar-refractivity contribution in [3.63, 3.8) is 0 Å². The van der Waals surface area contributed by atoms with Gasteiger partial charge in [-0.15, -0.1) is 12.4 Å². The normalized spacial score (nSPS) is 30.4. The number of carbonyl (C=O) groups is 1. The molecule has 142 valence electrons. The van der Waals surface area contributed by atoms with Crippen LogP contribution >= 0.6 is 22.6 Å². The molecule has 0 radical (unpaired) electrons. The van der Waals surface area contributed by atoms with E-state index in [0.29, 0.717) is 12.5 Å². The monoisotopic (exact) mass is 408 g/mol. The highest BCUT2D eigenvalue weighted by molar-refractivity contribution is 8.45. The Hall–Kier alpha value is -1.39. The van der Waals surface area contributed by atoms with Crippen LogP contribution in [0.15, 0.2) is 35.2 Å². The minimum absolute atomic E-state index is 0. The molecule has 0 spiro atoms. The summed E-state index contributed by atoms with van der Waals surface area (Å²) in [6.45, 7) is 0. The maximum Gasteiger partial charge on any atom is 0.310 e. The molecular formula is C14H15ClF6N2OS. The number of carbonyl (C=O) groups excluding carboxylic acids is 1. The largest absolute Gasteiger partial charge is 0.326 e. The number of anilines is 1. The van der Waals surface area contributed by atoms with Crippen molar-refractivity contribution in [2.45, 2.75) is 17.4 Å². The maximum absolute atomic E-state index is 13.4. The summed E-state index contributed by atoms with van der Waals surface area (Å²) in [6.07, 6.45) is 4.32. The first kappa shape index (κ1) is 19.9. The van der Waals surface area contributed by atoms with Gasteiger partial charge in [-0.3, -0.25) is 4.79 Å². The van der Waals surface area contributed by atoms with Crippen LogP contribution in [-0.4, -0.2) is 11.9 Å². The van der Waals surface area contributed by atoms with E-state index in [1.807, 2.05) is 6.08 Å². The van der Waals surface area contributed by atoms with Crippen LogP contribution in [-0.2, 0) is 4.79 Å². The van der Waals surface area contributed by atoms with Gasteiger partial charge < -0.3 is 11.1 Å². The van der Waals surface area contributed by atoms with Gasteiger partial charge in [-0.1, -0.05) is 31.6 Å². The third-order valence-corrected chi connectivity index (χ3v) is 5.53. The van der Waals surface area contributed by atoms with Crippen molar-refractivity contribution < 1.29 is 28.6 Å². The molecule has 1 aromatic rings. The van der Waals surface area contributed by atoms with Gasteiger partial charge in [0.1, 0.15) is 10.7 Å². The second-order valence-electron chi connectivity index (χ2n) is 6.19.